The highest BCUT2D eigenvalue weighted by Gasteiger charge is 2.25. The first-order valence-electron chi connectivity index (χ1n) is 7.04. The van der Waals surface area contributed by atoms with Gasteiger partial charge in [-0.15, -0.1) is 0 Å². The lowest BCUT2D eigenvalue weighted by molar-refractivity contribution is -0.00771. The standard InChI is InChI=1S/C16H23BrO2/c1-11-4-5-15(8-12(11)2)19-10-13-9-14(18-3)6-7-16(13)17/h6-7,9,11-12,15H,4-5,8,10H2,1-3H3. The predicted octanol–water partition coefficient (Wildman–Crippen LogP) is 4.80. The van der Waals surface area contributed by atoms with Gasteiger partial charge < -0.3 is 9.47 Å². The molecular weight excluding hydrogens is 304 g/mol. The van der Waals surface area contributed by atoms with Crippen LogP contribution in [0.25, 0.3) is 0 Å². The van der Waals surface area contributed by atoms with E-state index in [1.165, 1.54) is 19.3 Å². The van der Waals surface area contributed by atoms with E-state index in [9.17, 15) is 0 Å². The van der Waals surface area contributed by atoms with Gasteiger partial charge in [0.15, 0.2) is 0 Å². The molecule has 1 aromatic rings. The molecule has 19 heavy (non-hydrogen) atoms. The van der Waals surface area contributed by atoms with Crippen molar-refractivity contribution in [2.75, 3.05) is 7.11 Å². The minimum Gasteiger partial charge on any atom is -0.497 e. The van der Waals surface area contributed by atoms with E-state index >= 15 is 0 Å². The second-order valence-corrected chi connectivity index (χ2v) is 6.51. The Hall–Kier alpha value is -0.540. The number of benzene rings is 1. The average Bonchev–Trinajstić information content (AvgIpc) is 2.41. The van der Waals surface area contributed by atoms with E-state index in [2.05, 4.69) is 29.8 Å². The van der Waals surface area contributed by atoms with Crippen molar-refractivity contribution in [2.45, 2.75) is 45.8 Å². The molecule has 3 heteroatoms. The Kier molecular flexibility index (Phi) is 5.28. The molecule has 2 nitrogen and oxygen atoms in total. The number of ether oxygens (including phenoxy) is 2. The van der Waals surface area contributed by atoms with Crippen LogP contribution in [0, 0.1) is 11.8 Å². The van der Waals surface area contributed by atoms with Gasteiger partial charge in [-0.25, -0.2) is 0 Å². The molecule has 2 rings (SSSR count). The molecule has 0 bridgehead atoms. The topological polar surface area (TPSA) is 18.5 Å². The highest BCUT2D eigenvalue weighted by atomic mass is 79.9. The number of hydrogen-bond acceptors (Lipinski definition) is 2. The van der Waals surface area contributed by atoms with Crippen LogP contribution in [0.4, 0.5) is 0 Å². The molecule has 106 valence electrons. The fraction of sp³-hybridized carbons (Fsp3) is 0.625. The molecular formula is C16H23BrO2. The van der Waals surface area contributed by atoms with Crippen molar-refractivity contribution in [3.63, 3.8) is 0 Å². The third-order valence-electron chi connectivity index (χ3n) is 4.28. The predicted molar refractivity (Wildman–Crippen MR) is 81.5 cm³/mol. The van der Waals surface area contributed by atoms with E-state index in [-0.39, 0.29) is 0 Å². The number of halogens is 1. The summed E-state index contributed by atoms with van der Waals surface area (Å²) in [7, 11) is 1.69. The lowest BCUT2D eigenvalue weighted by Gasteiger charge is -2.32. The first-order valence-corrected chi connectivity index (χ1v) is 7.83. The molecule has 0 heterocycles. The summed E-state index contributed by atoms with van der Waals surface area (Å²) in [6.45, 7) is 5.34. The Morgan fingerprint density at radius 2 is 2.00 bits per heavy atom. The zero-order chi connectivity index (χ0) is 13.8. The summed E-state index contributed by atoms with van der Waals surface area (Å²) in [6.07, 6.45) is 4.06. The van der Waals surface area contributed by atoms with Crippen LogP contribution in [0.15, 0.2) is 22.7 Å². The third kappa shape index (κ3) is 3.96. The Bertz CT molecular complexity index is 419. The van der Waals surface area contributed by atoms with Crippen LogP contribution in [-0.2, 0) is 11.3 Å². The number of rotatable bonds is 4. The van der Waals surface area contributed by atoms with E-state index < -0.39 is 0 Å². The molecule has 0 spiro atoms. The van der Waals surface area contributed by atoms with Crippen molar-refractivity contribution in [1.29, 1.82) is 0 Å². The Labute approximate surface area is 124 Å². The summed E-state index contributed by atoms with van der Waals surface area (Å²) in [4.78, 5) is 0. The Morgan fingerprint density at radius 3 is 2.68 bits per heavy atom. The van der Waals surface area contributed by atoms with Crippen LogP contribution >= 0.6 is 15.9 Å². The van der Waals surface area contributed by atoms with E-state index in [0.29, 0.717) is 12.7 Å². The molecule has 0 saturated heterocycles. The first kappa shape index (κ1) is 14.9. The van der Waals surface area contributed by atoms with Crippen molar-refractivity contribution in [2.24, 2.45) is 11.8 Å². The molecule has 0 N–H and O–H groups in total. The summed E-state index contributed by atoms with van der Waals surface area (Å²) in [5.74, 6) is 2.49. The van der Waals surface area contributed by atoms with E-state index in [0.717, 1.165) is 27.6 Å². The van der Waals surface area contributed by atoms with Gasteiger partial charge in [0.1, 0.15) is 5.75 Å². The summed E-state index contributed by atoms with van der Waals surface area (Å²) in [6, 6.07) is 6.01. The zero-order valence-corrected chi connectivity index (χ0v) is 13.6. The summed E-state index contributed by atoms with van der Waals surface area (Å²) >= 11 is 3.57. The maximum atomic E-state index is 6.08. The molecule has 1 aromatic carbocycles. The SMILES string of the molecule is COc1ccc(Br)c(COC2CCC(C)C(C)C2)c1. The highest BCUT2D eigenvalue weighted by Crippen LogP contribution is 2.32. The van der Waals surface area contributed by atoms with Crippen LogP contribution in [-0.4, -0.2) is 13.2 Å². The normalized spacial score (nSPS) is 27.3. The summed E-state index contributed by atoms with van der Waals surface area (Å²) < 4.78 is 12.4. The molecule has 1 saturated carbocycles. The van der Waals surface area contributed by atoms with E-state index in [4.69, 9.17) is 9.47 Å². The Morgan fingerprint density at radius 1 is 1.21 bits per heavy atom. The van der Waals surface area contributed by atoms with Crippen LogP contribution < -0.4 is 4.74 Å². The van der Waals surface area contributed by atoms with Gasteiger partial charge in [0.25, 0.3) is 0 Å². The minimum atomic E-state index is 0.407. The molecule has 0 amide bonds. The lowest BCUT2D eigenvalue weighted by atomic mass is 9.80. The lowest BCUT2D eigenvalue weighted by Crippen LogP contribution is -2.26. The van der Waals surface area contributed by atoms with Crippen molar-refractivity contribution < 1.29 is 9.47 Å². The molecule has 1 aliphatic rings. The second kappa shape index (κ2) is 6.76. The van der Waals surface area contributed by atoms with Crippen molar-refractivity contribution >= 4 is 15.9 Å². The van der Waals surface area contributed by atoms with Gasteiger partial charge >= 0.3 is 0 Å². The Balaban J connectivity index is 1.92. The largest absolute Gasteiger partial charge is 0.497 e. The summed E-state index contributed by atoms with van der Waals surface area (Å²) in [5, 5.41) is 0. The maximum Gasteiger partial charge on any atom is 0.119 e. The minimum absolute atomic E-state index is 0.407. The van der Waals surface area contributed by atoms with Gasteiger partial charge in [0, 0.05) is 4.47 Å². The quantitative estimate of drug-likeness (QED) is 0.791. The van der Waals surface area contributed by atoms with Crippen LogP contribution in [0.1, 0.15) is 38.7 Å². The molecule has 3 atom stereocenters. The summed E-state index contributed by atoms with van der Waals surface area (Å²) in [5.41, 5.74) is 1.16. The molecule has 1 aliphatic carbocycles. The van der Waals surface area contributed by atoms with Crippen molar-refractivity contribution in [3.8, 4) is 5.75 Å². The average molecular weight is 327 g/mol. The van der Waals surface area contributed by atoms with E-state index in [1.54, 1.807) is 7.11 Å². The van der Waals surface area contributed by atoms with Gasteiger partial charge in [-0.2, -0.15) is 0 Å². The molecule has 0 aliphatic heterocycles. The fourth-order valence-corrected chi connectivity index (χ4v) is 3.01. The molecule has 3 unspecified atom stereocenters. The monoisotopic (exact) mass is 326 g/mol. The van der Waals surface area contributed by atoms with Gasteiger partial charge in [0.2, 0.25) is 0 Å². The molecule has 0 radical (unpaired) electrons. The first-order chi connectivity index (χ1) is 9.10. The van der Waals surface area contributed by atoms with Gasteiger partial charge in [-0.1, -0.05) is 29.8 Å². The van der Waals surface area contributed by atoms with Crippen molar-refractivity contribution in [1.82, 2.24) is 0 Å². The van der Waals surface area contributed by atoms with Crippen LogP contribution in [0.3, 0.4) is 0 Å². The number of hydrogen-bond donors (Lipinski definition) is 0. The van der Waals surface area contributed by atoms with Crippen LogP contribution in [0.5, 0.6) is 5.75 Å². The van der Waals surface area contributed by atoms with E-state index in [1.807, 2.05) is 18.2 Å². The maximum absolute atomic E-state index is 6.08. The van der Waals surface area contributed by atoms with Crippen LogP contribution in [0.2, 0.25) is 0 Å². The van der Waals surface area contributed by atoms with Gasteiger partial charge in [0.05, 0.1) is 19.8 Å². The third-order valence-corrected chi connectivity index (χ3v) is 5.05. The fourth-order valence-electron chi connectivity index (χ4n) is 2.65. The van der Waals surface area contributed by atoms with Crippen molar-refractivity contribution in [3.05, 3.63) is 28.2 Å². The molecule has 0 aromatic heterocycles. The molecule has 1 fully saturated rings. The second-order valence-electron chi connectivity index (χ2n) is 5.66. The zero-order valence-electron chi connectivity index (χ0n) is 12.0. The smallest absolute Gasteiger partial charge is 0.119 e. The number of methoxy groups -OCH3 is 1. The van der Waals surface area contributed by atoms with Gasteiger partial charge in [-0.05, 0) is 54.9 Å². The highest BCUT2D eigenvalue weighted by molar-refractivity contribution is 9.10. The van der Waals surface area contributed by atoms with Gasteiger partial charge in [-0.3, -0.25) is 0 Å².